The number of hydrogen-bond acceptors (Lipinski definition) is 3. The molecule has 2 aromatic heterocycles. The van der Waals surface area contributed by atoms with Crippen LogP contribution in [0, 0.1) is 6.92 Å². The van der Waals surface area contributed by atoms with Gasteiger partial charge in [0.25, 0.3) is 0 Å². The van der Waals surface area contributed by atoms with Crippen molar-refractivity contribution >= 4 is 0 Å². The van der Waals surface area contributed by atoms with Gasteiger partial charge in [-0.3, -0.25) is 9.47 Å². The highest BCUT2D eigenvalue weighted by Crippen LogP contribution is 2.32. The largest absolute Gasteiger partial charge is 0.291 e. The molecule has 3 aromatic rings. The van der Waals surface area contributed by atoms with Gasteiger partial charge in [-0.1, -0.05) is 36.4 Å². The first-order chi connectivity index (χ1) is 11.8. The summed E-state index contributed by atoms with van der Waals surface area (Å²) in [5.74, 6) is 1.92. The van der Waals surface area contributed by atoms with Gasteiger partial charge in [0.1, 0.15) is 11.6 Å². The Hall–Kier alpha value is -2.46. The monoisotopic (exact) mass is 318 g/mol. The van der Waals surface area contributed by atoms with E-state index in [2.05, 4.69) is 58.4 Å². The summed E-state index contributed by atoms with van der Waals surface area (Å²) >= 11 is 0. The van der Waals surface area contributed by atoms with Crippen LogP contribution in [-0.2, 0) is 6.54 Å². The van der Waals surface area contributed by atoms with E-state index in [4.69, 9.17) is 4.98 Å². The molecule has 24 heavy (non-hydrogen) atoms. The van der Waals surface area contributed by atoms with Crippen molar-refractivity contribution < 1.29 is 0 Å². The number of pyridine rings is 1. The molecule has 1 fully saturated rings. The highest BCUT2D eigenvalue weighted by atomic mass is 15.2. The lowest BCUT2D eigenvalue weighted by atomic mass is 10.1. The molecule has 1 atom stereocenters. The van der Waals surface area contributed by atoms with E-state index in [1.165, 1.54) is 18.4 Å². The summed E-state index contributed by atoms with van der Waals surface area (Å²) in [5.41, 5.74) is 2.53. The third kappa shape index (κ3) is 2.97. The van der Waals surface area contributed by atoms with E-state index in [9.17, 15) is 0 Å². The zero-order chi connectivity index (χ0) is 16.4. The van der Waals surface area contributed by atoms with Crippen molar-refractivity contribution in [2.75, 3.05) is 6.54 Å². The number of benzene rings is 1. The predicted octanol–water partition coefficient (Wildman–Crippen LogP) is 3.91. The highest BCUT2D eigenvalue weighted by Gasteiger charge is 2.27. The van der Waals surface area contributed by atoms with Crippen LogP contribution >= 0.6 is 0 Å². The van der Waals surface area contributed by atoms with Crippen LogP contribution in [0.3, 0.4) is 0 Å². The van der Waals surface area contributed by atoms with E-state index in [-0.39, 0.29) is 0 Å². The Morgan fingerprint density at radius 3 is 2.75 bits per heavy atom. The first-order valence-corrected chi connectivity index (χ1v) is 8.56. The lowest BCUT2D eigenvalue weighted by Crippen LogP contribution is -2.23. The topological polar surface area (TPSA) is 34.0 Å². The number of nitrogens with zero attached hydrogens (tertiary/aromatic N) is 4. The molecule has 1 aliphatic rings. The molecular formula is C20H22N4. The molecule has 1 unspecified atom stereocenters. The van der Waals surface area contributed by atoms with E-state index in [1.807, 2.05) is 23.9 Å². The number of aryl methyl sites for hydroxylation is 1. The number of aromatic nitrogens is 3. The summed E-state index contributed by atoms with van der Waals surface area (Å²) in [6.45, 7) is 4.13. The summed E-state index contributed by atoms with van der Waals surface area (Å²) in [7, 11) is 0. The lowest BCUT2D eigenvalue weighted by molar-refractivity contribution is 0.244. The molecule has 4 nitrogen and oxygen atoms in total. The number of imidazole rings is 1. The van der Waals surface area contributed by atoms with Gasteiger partial charge in [-0.05, 0) is 44.0 Å². The van der Waals surface area contributed by atoms with E-state index in [0.717, 1.165) is 30.4 Å². The lowest BCUT2D eigenvalue weighted by Gasteiger charge is -2.24. The first kappa shape index (κ1) is 15.1. The fourth-order valence-electron chi connectivity index (χ4n) is 3.55. The third-order valence-corrected chi connectivity index (χ3v) is 4.76. The van der Waals surface area contributed by atoms with E-state index >= 15 is 0 Å². The maximum absolute atomic E-state index is 4.93. The molecule has 0 radical (unpaired) electrons. The first-order valence-electron chi connectivity index (χ1n) is 8.56. The van der Waals surface area contributed by atoms with E-state index < -0.39 is 0 Å². The average Bonchev–Trinajstić information content (AvgIpc) is 3.25. The Morgan fingerprint density at radius 2 is 1.96 bits per heavy atom. The van der Waals surface area contributed by atoms with Crippen LogP contribution in [0.25, 0.3) is 5.82 Å². The van der Waals surface area contributed by atoms with Crippen molar-refractivity contribution in [1.82, 2.24) is 19.4 Å². The van der Waals surface area contributed by atoms with Crippen LogP contribution in [0.1, 0.15) is 36.0 Å². The Bertz CT molecular complexity index is 809. The van der Waals surface area contributed by atoms with Gasteiger partial charge in [-0.15, -0.1) is 0 Å². The summed E-state index contributed by atoms with van der Waals surface area (Å²) in [4.78, 5) is 11.8. The van der Waals surface area contributed by atoms with Gasteiger partial charge in [0.2, 0.25) is 0 Å². The minimum Gasteiger partial charge on any atom is -0.291 e. The molecule has 0 N–H and O–H groups in total. The molecule has 0 saturated carbocycles. The van der Waals surface area contributed by atoms with Crippen LogP contribution in [0.15, 0.2) is 60.9 Å². The molecule has 4 rings (SSSR count). The minimum atomic E-state index is 0.397. The number of rotatable bonds is 4. The minimum absolute atomic E-state index is 0.397. The van der Waals surface area contributed by atoms with Crippen LogP contribution < -0.4 is 0 Å². The van der Waals surface area contributed by atoms with Crippen molar-refractivity contribution in [2.24, 2.45) is 0 Å². The summed E-state index contributed by atoms with van der Waals surface area (Å²) in [6.07, 6.45) is 6.19. The maximum atomic E-state index is 4.93. The highest BCUT2D eigenvalue weighted by molar-refractivity contribution is 5.28. The van der Waals surface area contributed by atoms with Crippen LogP contribution in [0.4, 0.5) is 0 Å². The Kier molecular flexibility index (Phi) is 4.13. The zero-order valence-corrected chi connectivity index (χ0v) is 14.0. The fourth-order valence-corrected chi connectivity index (χ4v) is 3.55. The second-order valence-electron chi connectivity index (χ2n) is 6.38. The van der Waals surface area contributed by atoms with Gasteiger partial charge >= 0.3 is 0 Å². The van der Waals surface area contributed by atoms with Crippen molar-refractivity contribution in [2.45, 2.75) is 32.4 Å². The Labute approximate surface area is 142 Å². The van der Waals surface area contributed by atoms with Gasteiger partial charge in [0.15, 0.2) is 0 Å². The summed E-state index contributed by atoms with van der Waals surface area (Å²) in [6, 6.07) is 17.4. The number of likely N-dealkylation sites (tertiary alicyclic amines) is 1. The maximum Gasteiger partial charge on any atom is 0.138 e. The zero-order valence-electron chi connectivity index (χ0n) is 14.0. The molecule has 122 valence electrons. The van der Waals surface area contributed by atoms with Gasteiger partial charge < -0.3 is 0 Å². The van der Waals surface area contributed by atoms with Crippen LogP contribution in [0.2, 0.25) is 0 Å². The Morgan fingerprint density at radius 1 is 1.08 bits per heavy atom. The van der Waals surface area contributed by atoms with Gasteiger partial charge in [0, 0.05) is 18.9 Å². The smallest absolute Gasteiger partial charge is 0.138 e. The SMILES string of the molecule is Cc1nccn1-c1cccc(C2CCCN2Cc2ccccc2)n1. The molecule has 1 saturated heterocycles. The van der Waals surface area contributed by atoms with Gasteiger partial charge in [0.05, 0.1) is 11.7 Å². The normalized spacial score (nSPS) is 18.1. The molecule has 0 amide bonds. The molecule has 0 spiro atoms. The van der Waals surface area contributed by atoms with Crippen molar-refractivity contribution in [3.63, 3.8) is 0 Å². The van der Waals surface area contributed by atoms with E-state index in [1.54, 1.807) is 0 Å². The molecule has 0 bridgehead atoms. The Balaban J connectivity index is 1.59. The quantitative estimate of drug-likeness (QED) is 0.731. The fraction of sp³-hybridized carbons (Fsp3) is 0.300. The third-order valence-electron chi connectivity index (χ3n) is 4.76. The van der Waals surface area contributed by atoms with Crippen molar-refractivity contribution in [1.29, 1.82) is 0 Å². The molecular weight excluding hydrogens is 296 g/mol. The average molecular weight is 318 g/mol. The van der Waals surface area contributed by atoms with Gasteiger partial charge in [-0.25, -0.2) is 9.97 Å². The molecule has 4 heteroatoms. The van der Waals surface area contributed by atoms with Crippen LogP contribution in [-0.4, -0.2) is 26.0 Å². The standard InChI is InChI=1S/C20H22N4/c1-16-21-12-14-24(16)20-11-5-9-18(22-20)19-10-6-13-23(19)15-17-7-3-2-4-8-17/h2-5,7-9,11-12,14,19H,6,10,13,15H2,1H3. The summed E-state index contributed by atoms with van der Waals surface area (Å²) < 4.78 is 2.04. The molecule has 3 heterocycles. The summed E-state index contributed by atoms with van der Waals surface area (Å²) in [5, 5.41) is 0. The van der Waals surface area contributed by atoms with Crippen LogP contribution in [0.5, 0.6) is 0 Å². The van der Waals surface area contributed by atoms with Gasteiger partial charge in [-0.2, -0.15) is 0 Å². The molecule has 1 aromatic carbocycles. The van der Waals surface area contributed by atoms with Crippen molar-refractivity contribution in [3.8, 4) is 5.82 Å². The predicted molar refractivity (Wildman–Crippen MR) is 94.9 cm³/mol. The number of hydrogen-bond donors (Lipinski definition) is 0. The van der Waals surface area contributed by atoms with E-state index in [0.29, 0.717) is 6.04 Å². The molecule has 1 aliphatic heterocycles. The van der Waals surface area contributed by atoms with Crippen molar-refractivity contribution in [3.05, 3.63) is 78.0 Å². The molecule has 0 aliphatic carbocycles. The second-order valence-corrected chi connectivity index (χ2v) is 6.38. The second kappa shape index (κ2) is 6.57.